The van der Waals surface area contributed by atoms with Crippen molar-refractivity contribution in [3.05, 3.63) is 70.9 Å². The molecule has 88 valence electrons. The van der Waals surface area contributed by atoms with Crippen molar-refractivity contribution in [3.8, 4) is 0 Å². The molecule has 0 aliphatic rings. The van der Waals surface area contributed by atoms with E-state index >= 15 is 0 Å². The Morgan fingerprint density at radius 3 is 2.44 bits per heavy atom. The first-order chi connectivity index (χ1) is 8.74. The highest BCUT2D eigenvalue weighted by Crippen LogP contribution is 2.27. The predicted molar refractivity (Wildman–Crippen MR) is 71.7 cm³/mol. The van der Waals surface area contributed by atoms with Gasteiger partial charge in [-0.15, -0.1) is 11.3 Å². The van der Waals surface area contributed by atoms with Crippen LogP contribution in [0.25, 0.3) is 10.1 Å². The van der Waals surface area contributed by atoms with Crippen LogP contribution in [0, 0.1) is 5.82 Å². The van der Waals surface area contributed by atoms with Crippen molar-refractivity contribution >= 4 is 27.2 Å². The maximum atomic E-state index is 12.8. The third-order valence-electron chi connectivity index (χ3n) is 2.76. The maximum absolute atomic E-state index is 12.8. The summed E-state index contributed by atoms with van der Waals surface area (Å²) >= 11 is 1.46. The Balaban J connectivity index is 2.03. The number of ketones is 1. The average molecular weight is 256 g/mol. The van der Waals surface area contributed by atoms with Crippen LogP contribution in [-0.4, -0.2) is 5.78 Å². The number of carbonyl (C=O) groups excluding carboxylic acids is 1. The molecular formula is C15H9FOS. The summed E-state index contributed by atoms with van der Waals surface area (Å²) in [5.41, 5.74) is 0.517. The van der Waals surface area contributed by atoms with E-state index in [0.717, 1.165) is 10.1 Å². The Hall–Kier alpha value is -2.00. The number of rotatable bonds is 2. The molecule has 0 N–H and O–H groups in total. The summed E-state index contributed by atoms with van der Waals surface area (Å²) in [5.74, 6) is -0.390. The minimum Gasteiger partial charge on any atom is -0.288 e. The Morgan fingerprint density at radius 2 is 1.72 bits per heavy atom. The first-order valence-electron chi connectivity index (χ1n) is 5.53. The number of hydrogen-bond acceptors (Lipinski definition) is 2. The normalized spacial score (nSPS) is 10.7. The second-order valence-electron chi connectivity index (χ2n) is 3.98. The highest BCUT2D eigenvalue weighted by molar-refractivity contribution is 7.21. The summed E-state index contributed by atoms with van der Waals surface area (Å²) in [6.45, 7) is 0. The van der Waals surface area contributed by atoms with Gasteiger partial charge in [0, 0.05) is 10.3 Å². The Labute approximate surface area is 108 Å². The summed E-state index contributed by atoms with van der Waals surface area (Å²) < 4.78 is 13.9. The standard InChI is InChI=1S/C15H9FOS/c16-12-7-5-10(6-8-12)15(17)14-9-11-3-1-2-4-13(11)18-14/h1-9H. The van der Waals surface area contributed by atoms with Gasteiger partial charge in [0.2, 0.25) is 5.78 Å². The van der Waals surface area contributed by atoms with Crippen LogP contribution in [-0.2, 0) is 0 Å². The van der Waals surface area contributed by atoms with E-state index in [0.29, 0.717) is 10.4 Å². The number of carbonyl (C=O) groups is 1. The Bertz CT molecular complexity index is 680. The molecule has 0 atom stereocenters. The van der Waals surface area contributed by atoms with Crippen LogP contribution in [0.4, 0.5) is 4.39 Å². The fourth-order valence-corrected chi connectivity index (χ4v) is 2.86. The van der Waals surface area contributed by atoms with Crippen LogP contribution in [0.15, 0.2) is 54.6 Å². The van der Waals surface area contributed by atoms with Crippen molar-refractivity contribution in [1.29, 1.82) is 0 Å². The number of hydrogen-bond donors (Lipinski definition) is 0. The van der Waals surface area contributed by atoms with Crippen molar-refractivity contribution in [3.63, 3.8) is 0 Å². The van der Waals surface area contributed by atoms with Gasteiger partial charge >= 0.3 is 0 Å². The quantitative estimate of drug-likeness (QED) is 0.626. The van der Waals surface area contributed by atoms with Gasteiger partial charge in [0.25, 0.3) is 0 Å². The lowest BCUT2D eigenvalue weighted by Crippen LogP contribution is -1.97. The lowest BCUT2D eigenvalue weighted by molar-refractivity contribution is 0.104. The predicted octanol–water partition coefficient (Wildman–Crippen LogP) is 4.27. The molecule has 0 bridgehead atoms. The molecule has 0 saturated carbocycles. The van der Waals surface area contributed by atoms with Crippen LogP contribution >= 0.6 is 11.3 Å². The van der Waals surface area contributed by atoms with Crippen LogP contribution in [0.2, 0.25) is 0 Å². The van der Waals surface area contributed by atoms with Gasteiger partial charge in [-0.2, -0.15) is 0 Å². The van der Waals surface area contributed by atoms with Gasteiger partial charge < -0.3 is 0 Å². The maximum Gasteiger partial charge on any atom is 0.202 e. The molecule has 1 heterocycles. The zero-order valence-electron chi connectivity index (χ0n) is 9.39. The molecule has 1 aromatic heterocycles. The van der Waals surface area contributed by atoms with Crippen LogP contribution in [0.3, 0.4) is 0 Å². The van der Waals surface area contributed by atoms with Crippen LogP contribution in [0.5, 0.6) is 0 Å². The molecule has 0 saturated heterocycles. The molecule has 3 rings (SSSR count). The van der Waals surface area contributed by atoms with E-state index in [1.807, 2.05) is 30.3 Å². The summed E-state index contributed by atoms with van der Waals surface area (Å²) in [5, 5.41) is 1.06. The number of benzene rings is 2. The molecule has 0 spiro atoms. The molecule has 3 aromatic rings. The van der Waals surface area contributed by atoms with Crippen molar-refractivity contribution in [2.45, 2.75) is 0 Å². The molecule has 0 unspecified atom stereocenters. The van der Waals surface area contributed by atoms with E-state index in [1.54, 1.807) is 0 Å². The summed E-state index contributed by atoms with van der Waals surface area (Å²) in [6, 6.07) is 15.4. The van der Waals surface area contributed by atoms with Gasteiger partial charge in [0.05, 0.1) is 4.88 Å². The van der Waals surface area contributed by atoms with Gasteiger partial charge in [0.15, 0.2) is 0 Å². The molecule has 18 heavy (non-hydrogen) atoms. The van der Waals surface area contributed by atoms with E-state index in [4.69, 9.17) is 0 Å². The second-order valence-corrected chi connectivity index (χ2v) is 5.07. The van der Waals surface area contributed by atoms with Crippen LogP contribution in [0.1, 0.15) is 15.2 Å². The topological polar surface area (TPSA) is 17.1 Å². The van der Waals surface area contributed by atoms with Crippen molar-refractivity contribution in [2.75, 3.05) is 0 Å². The highest BCUT2D eigenvalue weighted by atomic mass is 32.1. The van der Waals surface area contributed by atoms with Gasteiger partial charge in [-0.25, -0.2) is 4.39 Å². The van der Waals surface area contributed by atoms with Gasteiger partial charge in [-0.3, -0.25) is 4.79 Å². The third-order valence-corrected chi connectivity index (χ3v) is 3.87. The SMILES string of the molecule is O=C(c1ccc(F)cc1)c1cc2ccccc2s1. The third kappa shape index (κ3) is 1.93. The summed E-state index contributed by atoms with van der Waals surface area (Å²) in [6.07, 6.45) is 0. The number of fused-ring (bicyclic) bond motifs is 1. The fraction of sp³-hybridized carbons (Fsp3) is 0. The molecule has 0 aliphatic carbocycles. The Morgan fingerprint density at radius 1 is 1.00 bits per heavy atom. The van der Waals surface area contributed by atoms with E-state index in [9.17, 15) is 9.18 Å². The molecule has 3 heteroatoms. The lowest BCUT2D eigenvalue weighted by atomic mass is 10.1. The monoisotopic (exact) mass is 256 g/mol. The van der Waals surface area contributed by atoms with E-state index in [-0.39, 0.29) is 11.6 Å². The minimum atomic E-state index is -0.331. The highest BCUT2D eigenvalue weighted by Gasteiger charge is 2.12. The smallest absolute Gasteiger partial charge is 0.202 e. The minimum absolute atomic E-state index is 0.0591. The summed E-state index contributed by atoms with van der Waals surface area (Å²) in [7, 11) is 0. The van der Waals surface area contributed by atoms with Crippen molar-refractivity contribution < 1.29 is 9.18 Å². The second kappa shape index (κ2) is 4.35. The molecule has 1 nitrogen and oxygen atoms in total. The van der Waals surface area contributed by atoms with Crippen molar-refractivity contribution in [2.24, 2.45) is 0 Å². The Kier molecular flexibility index (Phi) is 2.68. The van der Waals surface area contributed by atoms with E-state index in [2.05, 4.69) is 0 Å². The molecule has 0 aliphatic heterocycles. The zero-order chi connectivity index (χ0) is 12.5. The molecule has 2 aromatic carbocycles. The number of thiophene rings is 1. The largest absolute Gasteiger partial charge is 0.288 e. The summed E-state index contributed by atoms with van der Waals surface area (Å²) in [4.78, 5) is 12.9. The average Bonchev–Trinajstić information content (AvgIpc) is 2.82. The molecule has 0 fully saturated rings. The molecule has 0 amide bonds. The first kappa shape index (κ1) is 11.1. The first-order valence-corrected chi connectivity index (χ1v) is 6.34. The fourth-order valence-electron chi connectivity index (χ4n) is 1.84. The van der Waals surface area contributed by atoms with Gasteiger partial charge in [-0.05, 0) is 41.8 Å². The molecular weight excluding hydrogens is 247 g/mol. The van der Waals surface area contributed by atoms with Gasteiger partial charge in [0.1, 0.15) is 5.82 Å². The van der Waals surface area contributed by atoms with Gasteiger partial charge in [-0.1, -0.05) is 18.2 Å². The lowest BCUT2D eigenvalue weighted by Gasteiger charge is -1.96. The zero-order valence-corrected chi connectivity index (χ0v) is 10.2. The van der Waals surface area contributed by atoms with E-state index < -0.39 is 0 Å². The molecule has 0 radical (unpaired) electrons. The number of halogens is 1. The van der Waals surface area contributed by atoms with Crippen LogP contribution < -0.4 is 0 Å². The van der Waals surface area contributed by atoms with Crippen molar-refractivity contribution in [1.82, 2.24) is 0 Å². The van der Waals surface area contributed by atoms with E-state index in [1.165, 1.54) is 35.6 Å².